The van der Waals surface area contributed by atoms with Crippen LogP contribution in [0.1, 0.15) is 359 Å². The van der Waals surface area contributed by atoms with Gasteiger partial charge in [-0.25, -0.2) is 4.39 Å². The summed E-state index contributed by atoms with van der Waals surface area (Å²) in [5.74, 6) is 7.54. The number of likely N-dealkylation sites (tertiary alicyclic amines) is 1. The molecule has 0 aromatic carbocycles. The van der Waals surface area contributed by atoms with Gasteiger partial charge in [-0.2, -0.15) is 0 Å². The molecule has 0 aromatic heterocycles. The lowest BCUT2D eigenvalue weighted by molar-refractivity contribution is -0.172. The third-order valence-electron chi connectivity index (χ3n) is 24.3. The van der Waals surface area contributed by atoms with E-state index in [4.69, 9.17) is 33.2 Å². The summed E-state index contributed by atoms with van der Waals surface area (Å²) in [6.07, 6.45) is 19.0. The summed E-state index contributed by atoms with van der Waals surface area (Å²) < 4.78 is 52.8. The van der Waals surface area contributed by atoms with Crippen molar-refractivity contribution in [3.63, 3.8) is 0 Å². The highest BCUT2D eigenvalue weighted by Gasteiger charge is 2.53. The molecule has 122 heavy (non-hydrogen) atoms. The molecule has 0 aromatic rings. The summed E-state index contributed by atoms with van der Waals surface area (Å²) in [5, 5.41) is 31.7. The van der Waals surface area contributed by atoms with Gasteiger partial charge in [-0.1, -0.05) is 27.4 Å². The minimum atomic E-state index is -1.05. The zero-order valence-electron chi connectivity index (χ0n) is 88.2. The van der Waals surface area contributed by atoms with E-state index in [0.717, 1.165) is 151 Å². The first-order chi connectivity index (χ1) is 55.4. The van der Waals surface area contributed by atoms with E-state index < -0.39 is 5.67 Å². The van der Waals surface area contributed by atoms with Crippen molar-refractivity contribution in [2.75, 3.05) is 145 Å². The highest BCUT2D eigenvalue weighted by molar-refractivity contribution is 5.02. The molecule has 0 spiro atoms. The number of hydrogen-bond acceptors (Lipinski definition) is 18. The van der Waals surface area contributed by atoms with Crippen LogP contribution >= 0.6 is 0 Å². The molecular formula is C103H212FN11O7. The van der Waals surface area contributed by atoms with Crippen molar-refractivity contribution in [2.24, 2.45) is 58.7 Å². The Morgan fingerprint density at radius 2 is 0.803 bits per heavy atom. The van der Waals surface area contributed by atoms with E-state index in [1.807, 2.05) is 0 Å². The molecule has 7 atom stereocenters. The van der Waals surface area contributed by atoms with Crippen LogP contribution in [0.2, 0.25) is 0 Å². The number of alkyl halides is 1. The second-order valence-electron chi connectivity index (χ2n) is 51.2. The molecule has 10 fully saturated rings. The molecule has 9 N–H and O–H groups in total. The average molecular weight is 1740 g/mol. The highest BCUT2D eigenvalue weighted by Crippen LogP contribution is 2.50. The molecule has 8 aliphatic heterocycles. The van der Waals surface area contributed by atoms with Gasteiger partial charge in [0, 0.05) is 128 Å². The third-order valence-corrected chi connectivity index (χ3v) is 24.3. The van der Waals surface area contributed by atoms with Crippen molar-refractivity contribution in [2.45, 2.75) is 450 Å². The largest absolute Gasteiger partial charge is 0.381 e. The Balaban J connectivity index is 0.000000465. The minimum absolute atomic E-state index is 0.00259. The zero-order valence-corrected chi connectivity index (χ0v) is 88.2. The summed E-state index contributed by atoms with van der Waals surface area (Å²) in [6, 6.07) is 0. The first-order valence-corrected chi connectivity index (χ1v) is 49.3. The summed E-state index contributed by atoms with van der Waals surface area (Å²) in [5.41, 5.74) is 2.74. The standard InChI is InChI=1S/C14H29NO.C13H27N.2C12H25NO.C11H22N2O.C11H24N2.C10H20FNO.C10H19NO.C10H21NO/c1-12(2,3)15-10-11-8-13(4,5)16-14(6,7)9-11;1-12(2,3)14-10-11-6-8-13(4,5)9-7-11;1-9-6-11(7-10(2)14-9)8-13-12(3,4)5;1-11(2,3)13-9-10-6-7-14-12(4,5)8-10;1-10-9-14-8-7-13(10)6-5-12-11(2,3)4;1-11(2,3)12-9-10-5-7-13(4)8-6-10;1-9(2,3)12-8-10(11)4-6-13-7-5-10;1-10(2,3)11-4-7-8-5-12-6-9(7)8;1-8-5-9(12-7-8)6-11-10(2,3)4/h11,15H,8-10H2,1-7H3;11,14H,6-10H2,1-5H3;9-11,13H,6-8H2,1-5H3;10,13H,6-9H2,1-5H3;12H,1,5-9H2,2-4H3;10,12H,5-9H2,1-4H3;12H,4-8H2,1-3H3;7-9,11H,4-6H2,1-3H3;8-9,11H,5-7H2,1-4H3. The molecule has 8 saturated heterocycles. The van der Waals surface area contributed by atoms with Crippen molar-refractivity contribution in [3.05, 3.63) is 12.3 Å². The third kappa shape index (κ3) is 62.2. The second-order valence-corrected chi connectivity index (χ2v) is 51.2. The quantitative estimate of drug-likeness (QED) is 0.0596. The van der Waals surface area contributed by atoms with Gasteiger partial charge in [0.15, 0.2) is 0 Å². The molecule has 10 aliphatic rings. The van der Waals surface area contributed by atoms with E-state index in [-0.39, 0.29) is 66.7 Å². The van der Waals surface area contributed by atoms with Gasteiger partial charge >= 0.3 is 0 Å². The SMILES string of the molecule is C=C1COCCN1CCNC(C)(C)C.CC(C)(C)NCC1(F)CCOCC1.CC(C)(C)NCC1C2COCC12.CC(C)(C)NCC1CC(C)(C)OC(C)(C)C1.CC(C)(C)NCC1CCOC(C)(C)C1.CC1(C)CCC(CNC(C)(C)C)CC1.CC1CC(CNC(C)(C)C)CC(C)O1.CC1COC(CNC(C)(C)C)C1.CN1CCC(CNC(C)(C)C)CC1. The number of nitrogens with zero attached hydrogens (tertiary/aromatic N) is 2. The van der Waals surface area contributed by atoms with E-state index in [1.165, 1.54) is 103 Å². The van der Waals surface area contributed by atoms with Crippen LogP contribution in [0.25, 0.3) is 0 Å². The Kier molecular flexibility index (Phi) is 50.1. The van der Waals surface area contributed by atoms with E-state index in [1.54, 1.807) is 0 Å². The van der Waals surface area contributed by atoms with Crippen LogP contribution in [-0.4, -0.2) is 245 Å². The second kappa shape index (κ2) is 52.3. The Labute approximate surface area is 757 Å². The number of nitrogens with one attached hydrogen (secondary N) is 9. The molecule has 7 unspecified atom stereocenters. The number of fused-ring (bicyclic) bond motifs is 1. The smallest absolute Gasteiger partial charge is 0.127 e. The number of halogens is 1. The van der Waals surface area contributed by atoms with E-state index >= 15 is 0 Å². The highest BCUT2D eigenvalue weighted by atomic mass is 19.1. The van der Waals surface area contributed by atoms with Crippen LogP contribution in [0.5, 0.6) is 0 Å². The van der Waals surface area contributed by atoms with Gasteiger partial charge in [0.2, 0.25) is 0 Å². The van der Waals surface area contributed by atoms with Gasteiger partial charge < -0.3 is 90.8 Å². The maximum absolute atomic E-state index is 14.0. The van der Waals surface area contributed by atoms with Gasteiger partial charge in [-0.05, 0) is 444 Å². The fourth-order valence-corrected chi connectivity index (χ4v) is 17.2. The van der Waals surface area contributed by atoms with Crippen LogP contribution in [-0.2, 0) is 33.2 Å². The molecule has 2 saturated carbocycles. The van der Waals surface area contributed by atoms with Gasteiger partial charge in [-0.3, -0.25) is 0 Å². The average Bonchev–Trinajstić information content (AvgIpc) is 1.61. The molecule has 18 nitrogen and oxygen atoms in total. The van der Waals surface area contributed by atoms with E-state index in [0.29, 0.717) is 62.9 Å². The normalized spacial score (nSPS) is 27.2. The van der Waals surface area contributed by atoms with Crippen molar-refractivity contribution >= 4 is 0 Å². The maximum Gasteiger partial charge on any atom is 0.127 e. The lowest BCUT2D eigenvalue weighted by Gasteiger charge is -2.46. The molecule has 10 rings (SSSR count). The minimum Gasteiger partial charge on any atom is -0.381 e. The summed E-state index contributed by atoms with van der Waals surface area (Å²) in [4.78, 5) is 4.72. The summed E-state index contributed by atoms with van der Waals surface area (Å²) in [7, 11) is 2.22. The molecule has 0 bridgehead atoms. The molecule has 0 radical (unpaired) electrons. The van der Waals surface area contributed by atoms with Crippen molar-refractivity contribution in [1.82, 2.24) is 57.7 Å². The number of ether oxygens (including phenoxy) is 7. The molecule has 19 heteroatoms. The molecule has 8 heterocycles. The summed E-state index contributed by atoms with van der Waals surface area (Å²) in [6.45, 7) is 108. The van der Waals surface area contributed by atoms with Gasteiger partial charge in [-0.15, -0.1) is 0 Å². The monoisotopic (exact) mass is 1730 g/mol. The summed E-state index contributed by atoms with van der Waals surface area (Å²) >= 11 is 0. The van der Waals surface area contributed by atoms with Gasteiger partial charge in [0.05, 0.1) is 61.5 Å². The Morgan fingerprint density at radius 1 is 0.402 bits per heavy atom. The van der Waals surface area contributed by atoms with E-state index in [9.17, 15) is 4.39 Å². The number of piperidine rings is 1. The molecule has 728 valence electrons. The zero-order chi connectivity index (χ0) is 93.4. The Morgan fingerprint density at radius 3 is 1.22 bits per heavy atom. The Hall–Kier alpha value is -1.21. The molecule has 0 amide bonds. The van der Waals surface area contributed by atoms with Crippen molar-refractivity contribution in [1.29, 1.82) is 0 Å². The fraction of sp³-hybridized carbons (Fsp3) is 0.981. The fourth-order valence-electron chi connectivity index (χ4n) is 17.2. The van der Waals surface area contributed by atoms with Crippen LogP contribution in [0, 0.1) is 58.7 Å². The van der Waals surface area contributed by atoms with E-state index in [2.05, 4.69) is 334 Å². The first kappa shape index (κ1) is 117. The van der Waals surface area contributed by atoms with Crippen molar-refractivity contribution in [3.8, 4) is 0 Å². The topological polar surface area (TPSA) is 179 Å². The number of rotatable bonds is 19. The Bertz CT molecular complexity index is 2670. The predicted octanol–water partition coefficient (Wildman–Crippen LogP) is 20.0. The van der Waals surface area contributed by atoms with Crippen LogP contribution in [0.3, 0.4) is 0 Å². The first-order valence-electron chi connectivity index (χ1n) is 49.3. The lowest BCUT2D eigenvalue weighted by atomic mass is 9.73. The molecule has 2 aliphatic carbocycles. The molecular weight excluding hydrogens is 1520 g/mol. The number of hydrogen-bond donors (Lipinski definition) is 9. The number of morpholine rings is 1. The predicted molar refractivity (Wildman–Crippen MR) is 523 cm³/mol. The van der Waals surface area contributed by atoms with Gasteiger partial charge in [0.1, 0.15) is 5.67 Å². The van der Waals surface area contributed by atoms with Gasteiger partial charge in [0.25, 0.3) is 0 Å². The lowest BCUT2D eigenvalue weighted by Crippen LogP contribution is -2.49. The van der Waals surface area contributed by atoms with Crippen LogP contribution in [0.15, 0.2) is 12.3 Å². The van der Waals surface area contributed by atoms with Crippen molar-refractivity contribution < 1.29 is 37.5 Å². The van der Waals surface area contributed by atoms with Crippen LogP contribution in [0.4, 0.5) is 4.39 Å². The maximum atomic E-state index is 14.0. The van der Waals surface area contributed by atoms with Crippen LogP contribution < -0.4 is 47.9 Å².